The molecule has 0 aromatic heterocycles. The molecule has 0 aliphatic heterocycles. The van der Waals surface area contributed by atoms with Crippen LogP contribution in [0.1, 0.15) is 141 Å². The minimum atomic E-state index is -2.34. The summed E-state index contributed by atoms with van der Waals surface area (Å²) in [5, 5.41) is 0. The number of benzene rings is 2. The van der Waals surface area contributed by atoms with Crippen LogP contribution in [0.15, 0.2) is 51.3 Å². The van der Waals surface area contributed by atoms with Crippen molar-refractivity contribution in [2.75, 3.05) is 0 Å². The number of fused-ring (bicyclic) bond motifs is 3. The zero-order valence-corrected chi connectivity index (χ0v) is 31.3. The molecule has 0 heterocycles. The van der Waals surface area contributed by atoms with E-state index in [2.05, 4.69) is 91.0 Å². The summed E-state index contributed by atoms with van der Waals surface area (Å²) in [5.74, 6) is 3.68. The summed E-state index contributed by atoms with van der Waals surface area (Å²) >= 11 is -2.34. The van der Waals surface area contributed by atoms with Crippen LogP contribution in [-0.2, 0) is 38.5 Å². The van der Waals surface area contributed by atoms with Crippen LogP contribution in [0.3, 0.4) is 0 Å². The van der Waals surface area contributed by atoms with Crippen molar-refractivity contribution in [2.45, 2.75) is 136 Å². The molecule has 7 aliphatic rings. The molecule has 1 heteroatoms. The molecule has 2 aromatic carbocycles. The predicted molar refractivity (Wildman–Crippen MR) is 186 cm³/mol. The standard InChI is InChI=1S/C21H25.C16H21.C6H10.Zr/c1-20(2,3)16-9-7-14-11-15-8-10-17(21(4,5)6)13-19(15)18(14)12-16;1-11-2-3-15(4-11)16-8-12-5-13(9-16)7-14(6-12)10-16;1-2-4-6-5-3-1;/h7,9-10,12-13H,11H2,1-6H3;3-4,11-14H,5-10H2,1H3;1-5H2;. The third-order valence-electron chi connectivity index (χ3n) is 13.0. The van der Waals surface area contributed by atoms with E-state index in [1.165, 1.54) is 62.5 Å². The van der Waals surface area contributed by atoms with E-state index < -0.39 is 21.3 Å². The van der Waals surface area contributed by atoms with Crippen LogP contribution in [0, 0.1) is 29.1 Å². The number of hydrogen-bond donors (Lipinski definition) is 0. The topological polar surface area (TPSA) is 0 Å². The van der Waals surface area contributed by atoms with E-state index >= 15 is 0 Å². The Morgan fingerprint density at radius 2 is 1.34 bits per heavy atom. The van der Waals surface area contributed by atoms with E-state index in [1.807, 2.05) is 15.3 Å². The van der Waals surface area contributed by atoms with E-state index in [9.17, 15) is 0 Å². The Hall–Kier alpha value is -1.33. The first kappa shape index (κ1) is 30.0. The maximum atomic E-state index is 2.91. The predicted octanol–water partition coefficient (Wildman–Crippen LogP) is 10.9. The van der Waals surface area contributed by atoms with Crippen molar-refractivity contribution in [1.29, 1.82) is 0 Å². The maximum absolute atomic E-state index is 2.91. The fraction of sp³-hybridized carbons (Fsp3) is 0.605. The molecular weight excluding hydrogens is 608 g/mol. The van der Waals surface area contributed by atoms with Gasteiger partial charge >= 0.3 is 278 Å². The van der Waals surface area contributed by atoms with E-state index in [4.69, 9.17) is 0 Å². The molecule has 5 fully saturated rings. The van der Waals surface area contributed by atoms with Crippen molar-refractivity contribution in [3.05, 3.63) is 73.6 Å². The van der Waals surface area contributed by atoms with Crippen LogP contribution < -0.4 is 3.27 Å². The Balaban J connectivity index is 1.30. The van der Waals surface area contributed by atoms with Crippen LogP contribution in [0.5, 0.6) is 0 Å². The quantitative estimate of drug-likeness (QED) is 0.262. The van der Waals surface area contributed by atoms with Gasteiger partial charge < -0.3 is 0 Å². The van der Waals surface area contributed by atoms with Gasteiger partial charge in [0.05, 0.1) is 0 Å². The second-order valence-electron chi connectivity index (χ2n) is 18.3. The number of hydrogen-bond acceptors (Lipinski definition) is 0. The zero-order chi connectivity index (χ0) is 30.6. The second kappa shape index (κ2) is 10.6. The zero-order valence-electron chi connectivity index (χ0n) is 28.8. The first-order valence-corrected chi connectivity index (χ1v) is 22.0. The summed E-state index contributed by atoms with van der Waals surface area (Å²) in [6, 6.07) is 12.9. The van der Waals surface area contributed by atoms with Crippen molar-refractivity contribution in [3.8, 4) is 11.1 Å². The van der Waals surface area contributed by atoms with Gasteiger partial charge in [0.2, 0.25) is 0 Å². The van der Waals surface area contributed by atoms with Gasteiger partial charge in [-0.2, -0.15) is 0 Å². The normalized spacial score (nSPS) is 30.8. The number of rotatable bonds is 3. The average Bonchev–Trinajstić information content (AvgIpc) is 3.53. The second-order valence-corrected chi connectivity index (χ2v) is 24.7. The third kappa shape index (κ3) is 5.04. The summed E-state index contributed by atoms with van der Waals surface area (Å²) in [6.07, 6.45) is 23.1. The summed E-state index contributed by atoms with van der Waals surface area (Å²) in [4.78, 5) is 0. The first-order chi connectivity index (χ1) is 20.9. The van der Waals surface area contributed by atoms with E-state index in [-0.39, 0.29) is 10.8 Å². The van der Waals surface area contributed by atoms with Gasteiger partial charge in [-0.25, -0.2) is 0 Å². The molecule has 9 rings (SSSR count). The van der Waals surface area contributed by atoms with Gasteiger partial charge in [0.15, 0.2) is 0 Å². The average molecular weight is 664 g/mol. The van der Waals surface area contributed by atoms with Crippen molar-refractivity contribution in [2.24, 2.45) is 29.1 Å². The van der Waals surface area contributed by atoms with E-state index in [1.54, 1.807) is 41.5 Å². The van der Waals surface area contributed by atoms with Crippen LogP contribution in [0.2, 0.25) is 0 Å². The number of allylic oxidation sites excluding steroid dienone is 4. The van der Waals surface area contributed by atoms with Gasteiger partial charge in [0.25, 0.3) is 0 Å². The Morgan fingerprint density at radius 3 is 1.95 bits per heavy atom. The summed E-state index contributed by atoms with van der Waals surface area (Å²) in [7, 11) is 0. The van der Waals surface area contributed by atoms with Crippen LogP contribution in [0.4, 0.5) is 0 Å². The molecule has 44 heavy (non-hydrogen) atoms. The Kier molecular flexibility index (Phi) is 7.23. The van der Waals surface area contributed by atoms with Gasteiger partial charge in [-0.1, -0.05) is 0 Å². The molecule has 1 unspecified atom stereocenters. The van der Waals surface area contributed by atoms with Gasteiger partial charge in [0.1, 0.15) is 0 Å². The molecule has 1 atom stereocenters. The van der Waals surface area contributed by atoms with Gasteiger partial charge in [-0.05, 0) is 0 Å². The van der Waals surface area contributed by atoms with Gasteiger partial charge in [-0.3, -0.25) is 0 Å². The fourth-order valence-electron chi connectivity index (χ4n) is 11.0. The molecule has 0 amide bonds. The van der Waals surface area contributed by atoms with Crippen molar-refractivity contribution >= 4 is 6.48 Å². The van der Waals surface area contributed by atoms with Crippen molar-refractivity contribution < 1.29 is 21.3 Å². The van der Waals surface area contributed by atoms with E-state index in [0.29, 0.717) is 11.3 Å². The van der Waals surface area contributed by atoms with E-state index in [0.717, 1.165) is 24.2 Å². The van der Waals surface area contributed by atoms with Gasteiger partial charge in [0, 0.05) is 0 Å². The van der Waals surface area contributed by atoms with Crippen LogP contribution in [0.25, 0.3) is 11.1 Å². The third-order valence-corrected chi connectivity index (χ3v) is 21.3. The molecule has 5 saturated carbocycles. The summed E-state index contributed by atoms with van der Waals surface area (Å²) in [6.45, 7) is 17.0. The SMILES string of the molecule is CC1C=C(C23CC4CC(CC(C4)C2)C3)C=[C]1[Zr](=[C]1CCCCC1)[c]1cc(C(C)(C)C)cc2c1Cc1ccc(C(C)(C)C)cc1-2. The molecule has 0 nitrogen and oxygen atoms in total. The monoisotopic (exact) mass is 662 g/mol. The minimum absolute atomic E-state index is 0.151. The van der Waals surface area contributed by atoms with Crippen molar-refractivity contribution in [3.63, 3.8) is 0 Å². The molecule has 0 saturated heterocycles. The van der Waals surface area contributed by atoms with Crippen molar-refractivity contribution in [1.82, 2.24) is 0 Å². The fourth-order valence-corrected chi connectivity index (χ4v) is 19.9. The molecule has 0 spiro atoms. The Bertz CT molecular complexity index is 1570. The molecule has 0 radical (unpaired) electrons. The Labute approximate surface area is 276 Å². The molecule has 7 aliphatic carbocycles. The van der Waals surface area contributed by atoms with Crippen LogP contribution in [-0.4, -0.2) is 3.21 Å². The summed E-state index contributed by atoms with van der Waals surface area (Å²) in [5.41, 5.74) is 12.1. The van der Waals surface area contributed by atoms with Gasteiger partial charge in [-0.15, -0.1) is 0 Å². The summed E-state index contributed by atoms with van der Waals surface area (Å²) < 4.78 is 5.84. The molecule has 2 aromatic rings. The Morgan fingerprint density at radius 1 is 0.727 bits per heavy atom. The van der Waals surface area contributed by atoms with Crippen LogP contribution >= 0.6 is 0 Å². The first-order valence-electron chi connectivity index (χ1n) is 18.4. The molecule has 0 N–H and O–H groups in total. The molecule has 232 valence electrons. The molecular formula is C43H56Zr. The molecule has 4 bridgehead atoms.